The molecule has 0 spiro atoms. The fraction of sp³-hybridized carbons (Fsp3) is 0.154. The first-order valence-electron chi connectivity index (χ1n) is 11.0. The fourth-order valence-corrected chi connectivity index (χ4v) is 3.87. The number of nitrogens with zero attached hydrogens (tertiary/aromatic N) is 5. The Balaban J connectivity index is 1.33. The van der Waals surface area contributed by atoms with Gasteiger partial charge in [-0.25, -0.2) is 14.3 Å². The van der Waals surface area contributed by atoms with E-state index in [-0.39, 0.29) is 5.91 Å². The molecule has 0 unspecified atom stereocenters. The number of benzene rings is 2. The summed E-state index contributed by atoms with van der Waals surface area (Å²) >= 11 is 0. The number of aromatic nitrogens is 5. The van der Waals surface area contributed by atoms with Crippen molar-refractivity contribution in [2.45, 2.75) is 13.1 Å². The molecule has 5 aromatic rings. The largest absolute Gasteiger partial charge is 0.497 e. The first-order chi connectivity index (χ1) is 17.1. The molecule has 0 saturated carbocycles. The zero-order valence-electron chi connectivity index (χ0n) is 19.4. The summed E-state index contributed by atoms with van der Waals surface area (Å²) in [4.78, 5) is 17.5. The third-order valence-corrected chi connectivity index (χ3v) is 5.69. The average molecular weight is 469 g/mol. The van der Waals surface area contributed by atoms with E-state index >= 15 is 0 Å². The predicted octanol–water partition coefficient (Wildman–Crippen LogP) is 3.99. The van der Waals surface area contributed by atoms with E-state index < -0.39 is 0 Å². The van der Waals surface area contributed by atoms with E-state index in [1.54, 1.807) is 54.3 Å². The molecule has 2 aromatic carbocycles. The Hall–Kier alpha value is -4.66. The lowest BCUT2D eigenvalue weighted by atomic mass is 10.2. The predicted molar refractivity (Wildman–Crippen MR) is 132 cm³/mol. The third-order valence-electron chi connectivity index (χ3n) is 5.69. The SMILES string of the molecule is COc1ccc(Cn2ncc3cc(C(=O)Nc4ccnn4Cc4ccccc4)cnc32)c(OC)c1. The number of methoxy groups -OCH3 is 2. The van der Waals surface area contributed by atoms with Crippen LogP contribution in [0.1, 0.15) is 21.5 Å². The van der Waals surface area contributed by atoms with E-state index in [1.807, 2.05) is 48.5 Å². The van der Waals surface area contributed by atoms with E-state index in [2.05, 4.69) is 20.5 Å². The Bertz CT molecular complexity index is 1480. The van der Waals surface area contributed by atoms with Crippen LogP contribution in [0.4, 0.5) is 5.82 Å². The lowest BCUT2D eigenvalue weighted by Crippen LogP contribution is -2.16. The molecule has 0 saturated heterocycles. The van der Waals surface area contributed by atoms with Crippen molar-refractivity contribution in [2.75, 3.05) is 19.5 Å². The molecular formula is C26H24N6O3. The molecule has 0 radical (unpaired) electrons. The molecule has 5 rings (SSSR count). The Labute approximate surface area is 201 Å². The highest BCUT2D eigenvalue weighted by Crippen LogP contribution is 2.26. The van der Waals surface area contributed by atoms with Crippen molar-refractivity contribution in [3.05, 3.63) is 95.9 Å². The maximum atomic E-state index is 13.0. The van der Waals surface area contributed by atoms with Crippen molar-refractivity contribution >= 4 is 22.8 Å². The molecule has 176 valence electrons. The highest BCUT2D eigenvalue weighted by molar-refractivity contribution is 6.05. The molecule has 3 heterocycles. The van der Waals surface area contributed by atoms with Crippen molar-refractivity contribution in [3.63, 3.8) is 0 Å². The van der Waals surface area contributed by atoms with Crippen molar-refractivity contribution in [1.82, 2.24) is 24.5 Å². The summed E-state index contributed by atoms with van der Waals surface area (Å²) in [5.74, 6) is 1.77. The second-order valence-corrected chi connectivity index (χ2v) is 7.93. The van der Waals surface area contributed by atoms with Crippen LogP contribution in [-0.2, 0) is 13.1 Å². The molecule has 3 aromatic heterocycles. The van der Waals surface area contributed by atoms with Crippen LogP contribution >= 0.6 is 0 Å². The topological polar surface area (TPSA) is 96.1 Å². The minimum absolute atomic E-state index is 0.265. The molecule has 0 bridgehead atoms. The highest BCUT2D eigenvalue weighted by Gasteiger charge is 2.14. The number of fused-ring (bicyclic) bond motifs is 1. The number of anilines is 1. The van der Waals surface area contributed by atoms with Crippen molar-refractivity contribution in [2.24, 2.45) is 0 Å². The molecule has 0 aliphatic rings. The minimum atomic E-state index is -0.265. The Kier molecular flexibility index (Phi) is 6.13. The van der Waals surface area contributed by atoms with Gasteiger partial charge in [0.2, 0.25) is 0 Å². The second kappa shape index (κ2) is 9.68. The van der Waals surface area contributed by atoms with Gasteiger partial charge in [-0.05, 0) is 23.8 Å². The summed E-state index contributed by atoms with van der Waals surface area (Å²) in [6.45, 7) is 1.02. The summed E-state index contributed by atoms with van der Waals surface area (Å²) in [6, 6.07) is 19.2. The van der Waals surface area contributed by atoms with Crippen LogP contribution in [0.3, 0.4) is 0 Å². The minimum Gasteiger partial charge on any atom is -0.497 e. The summed E-state index contributed by atoms with van der Waals surface area (Å²) in [7, 11) is 3.23. The Morgan fingerprint density at radius 2 is 1.77 bits per heavy atom. The quantitative estimate of drug-likeness (QED) is 0.370. The monoisotopic (exact) mass is 468 g/mol. The van der Waals surface area contributed by atoms with Crippen LogP contribution in [0.15, 0.2) is 79.3 Å². The van der Waals surface area contributed by atoms with E-state index in [4.69, 9.17) is 9.47 Å². The van der Waals surface area contributed by atoms with Crippen molar-refractivity contribution in [3.8, 4) is 11.5 Å². The number of ether oxygens (including phenoxy) is 2. The number of carbonyl (C=O) groups is 1. The Morgan fingerprint density at radius 3 is 2.57 bits per heavy atom. The molecule has 0 fully saturated rings. The first-order valence-corrected chi connectivity index (χ1v) is 11.0. The molecule has 0 atom stereocenters. The number of rotatable bonds is 8. The number of pyridine rings is 1. The van der Waals surface area contributed by atoms with E-state index in [1.165, 1.54) is 0 Å². The number of hydrogen-bond donors (Lipinski definition) is 1. The fourth-order valence-electron chi connectivity index (χ4n) is 3.87. The van der Waals surface area contributed by atoms with Crippen molar-refractivity contribution < 1.29 is 14.3 Å². The average Bonchev–Trinajstić information content (AvgIpc) is 3.51. The van der Waals surface area contributed by atoms with Gasteiger partial charge in [-0.3, -0.25) is 4.79 Å². The van der Waals surface area contributed by atoms with Crippen LogP contribution in [-0.4, -0.2) is 44.7 Å². The van der Waals surface area contributed by atoms with Crippen LogP contribution in [0.25, 0.3) is 11.0 Å². The highest BCUT2D eigenvalue weighted by atomic mass is 16.5. The lowest BCUT2D eigenvalue weighted by molar-refractivity contribution is 0.102. The molecular weight excluding hydrogens is 444 g/mol. The molecule has 9 heteroatoms. The van der Waals surface area contributed by atoms with Crippen molar-refractivity contribution in [1.29, 1.82) is 0 Å². The van der Waals surface area contributed by atoms with Gasteiger partial charge in [-0.15, -0.1) is 0 Å². The molecule has 35 heavy (non-hydrogen) atoms. The lowest BCUT2D eigenvalue weighted by Gasteiger charge is -2.11. The molecule has 0 aliphatic carbocycles. The zero-order valence-corrected chi connectivity index (χ0v) is 19.4. The summed E-state index contributed by atoms with van der Waals surface area (Å²) < 4.78 is 14.3. The van der Waals surface area contributed by atoms with Gasteiger partial charge >= 0.3 is 0 Å². The van der Waals surface area contributed by atoms with Gasteiger partial charge in [-0.1, -0.05) is 30.3 Å². The van der Waals surface area contributed by atoms with Gasteiger partial charge in [0.1, 0.15) is 17.3 Å². The number of amides is 1. The van der Waals surface area contributed by atoms with E-state index in [9.17, 15) is 4.79 Å². The van der Waals surface area contributed by atoms with Crippen LogP contribution in [0.2, 0.25) is 0 Å². The van der Waals surface area contributed by atoms with Crippen LogP contribution in [0, 0.1) is 0 Å². The zero-order chi connectivity index (χ0) is 24.2. The molecule has 1 amide bonds. The van der Waals surface area contributed by atoms with Crippen LogP contribution in [0.5, 0.6) is 11.5 Å². The van der Waals surface area contributed by atoms with Gasteiger partial charge in [0, 0.05) is 29.3 Å². The molecule has 9 nitrogen and oxygen atoms in total. The summed E-state index contributed by atoms with van der Waals surface area (Å²) in [5.41, 5.74) is 3.14. The smallest absolute Gasteiger partial charge is 0.258 e. The van der Waals surface area contributed by atoms with Gasteiger partial charge in [0.05, 0.1) is 45.3 Å². The maximum absolute atomic E-state index is 13.0. The normalized spacial score (nSPS) is 10.9. The second-order valence-electron chi connectivity index (χ2n) is 7.93. The number of carbonyl (C=O) groups excluding carboxylic acids is 1. The number of nitrogens with one attached hydrogen (secondary N) is 1. The first kappa shape index (κ1) is 22.1. The molecule has 0 aliphatic heterocycles. The van der Waals surface area contributed by atoms with Gasteiger partial charge in [-0.2, -0.15) is 10.2 Å². The van der Waals surface area contributed by atoms with E-state index in [0.29, 0.717) is 35.9 Å². The number of hydrogen-bond acceptors (Lipinski definition) is 6. The van der Waals surface area contributed by atoms with Crippen LogP contribution < -0.4 is 14.8 Å². The summed E-state index contributed by atoms with van der Waals surface area (Å²) in [6.07, 6.45) is 4.92. The third kappa shape index (κ3) is 4.70. The standard InChI is InChI=1S/C26H24N6O3/c1-34-22-9-8-19(23(13-22)35-2)17-32-25-20(15-29-32)12-21(14-27-25)26(33)30-24-10-11-28-31(24)16-18-6-4-3-5-7-18/h3-15H,16-17H2,1-2H3,(H,30,33). The Morgan fingerprint density at radius 1 is 0.914 bits per heavy atom. The van der Waals surface area contributed by atoms with Gasteiger partial charge in [0.25, 0.3) is 5.91 Å². The summed E-state index contributed by atoms with van der Waals surface area (Å²) in [5, 5.41) is 12.5. The van der Waals surface area contributed by atoms with Gasteiger partial charge in [0.15, 0.2) is 5.65 Å². The molecule has 1 N–H and O–H groups in total. The maximum Gasteiger partial charge on any atom is 0.258 e. The van der Waals surface area contributed by atoms with E-state index in [0.717, 1.165) is 22.3 Å². The van der Waals surface area contributed by atoms with Gasteiger partial charge < -0.3 is 14.8 Å².